The minimum atomic E-state index is -5.51. The Balaban J connectivity index is 4.32. The predicted molar refractivity (Wildman–Crippen MR) is 21.2 cm³/mol. The molecule has 5 heteroatoms. The van der Waals surface area contributed by atoms with Crippen molar-refractivity contribution in [3.8, 4) is 0 Å². The summed E-state index contributed by atoms with van der Waals surface area (Å²) in [6, 6.07) is 0. The van der Waals surface area contributed by atoms with E-state index in [1.165, 1.54) is 0 Å². The van der Waals surface area contributed by atoms with E-state index in [1.54, 1.807) is 0 Å². The molecule has 0 nitrogen and oxygen atoms in total. The van der Waals surface area contributed by atoms with Gasteiger partial charge in [0.15, 0.2) is 0 Å². The summed E-state index contributed by atoms with van der Waals surface area (Å²) in [4.78, 5) is 0. The Bertz CT molecular complexity index is 111. The normalized spacial score (nSPS) is 13.4. The number of hydrogen-bond acceptors (Lipinski definition) is 0. The van der Waals surface area contributed by atoms with Gasteiger partial charge in [-0.1, -0.05) is 6.58 Å². The van der Waals surface area contributed by atoms with Crippen LogP contribution in [0.1, 0.15) is 0 Å². The molecule has 0 aromatic rings. The number of hydrogen-bond donors (Lipinski definition) is 0. The van der Waals surface area contributed by atoms with Gasteiger partial charge in [-0.05, 0) is 6.08 Å². The van der Waals surface area contributed by atoms with Crippen LogP contribution in [0.5, 0.6) is 0 Å². The minimum Gasteiger partial charge on any atom is -0.192 e. The van der Waals surface area contributed by atoms with Crippen LogP contribution in [-0.4, -0.2) is 12.1 Å². The van der Waals surface area contributed by atoms with Gasteiger partial charge in [0, 0.05) is 0 Å². The molecule has 0 rings (SSSR count). The zero-order chi connectivity index (χ0) is 7.71. The van der Waals surface area contributed by atoms with Gasteiger partial charge in [-0.2, -0.15) is 22.0 Å². The number of halogens is 5. The fraction of sp³-hybridized carbons (Fsp3) is 0.500. The standard InChI is InChI=1S/C4H3F5/c1-2-3(5,6)4(7,8)9/h2H,1H2. The van der Waals surface area contributed by atoms with E-state index in [2.05, 4.69) is 6.58 Å². The largest absolute Gasteiger partial charge is 0.457 e. The molecular formula is C4H3F5. The number of alkyl halides is 5. The number of allylic oxidation sites excluding steroid dienone is 1. The SMILES string of the molecule is C=CC(F)(F)C(F)(F)F. The van der Waals surface area contributed by atoms with Gasteiger partial charge < -0.3 is 0 Å². The molecule has 54 valence electrons. The third-order valence-corrected chi connectivity index (χ3v) is 0.634. The van der Waals surface area contributed by atoms with Crippen molar-refractivity contribution in [2.24, 2.45) is 0 Å². The highest BCUT2D eigenvalue weighted by atomic mass is 19.4. The van der Waals surface area contributed by atoms with Crippen LogP contribution in [0.3, 0.4) is 0 Å². The van der Waals surface area contributed by atoms with Crippen LogP contribution < -0.4 is 0 Å². The van der Waals surface area contributed by atoms with Crippen molar-refractivity contribution in [2.75, 3.05) is 0 Å². The maximum absolute atomic E-state index is 11.4. The zero-order valence-electron chi connectivity index (χ0n) is 4.17. The molecule has 0 aliphatic heterocycles. The molecule has 0 aromatic heterocycles. The summed E-state index contributed by atoms with van der Waals surface area (Å²) in [5.41, 5.74) is 0. The van der Waals surface area contributed by atoms with E-state index < -0.39 is 18.2 Å². The molecular weight excluding hydrogens is 143 g/mol. The molecule has 0 aliphatic rings. The van der Waals surface area contributed by atoms with Crippen LogP contribution in [0.4, 0.5) is 22.0 Å². The fourth-order valence-electron chi connectivity index (χ4n) is 0.116. The van der Waals surface area contributed by atoms with Crippen molar-refractivity contribution in [3.63, 3.8) is 0 Å². The molecule has 0 amide bonds. The van der Waals surface area contributed by atoms with E-state index in [-0.39, 0.29) is 0 Å². The Morgan fingerprint density at radius 1 is 1.00 bits per heavy atom. The zero-order valence-corrected chi connectivity index (χ0v) is 4.17. The van der Waals surface area contributed by atoms with Gasteiger partial charge in [0.2, 0.25) is 0 Å². The maximum Gasteiger partial charge on any atom is 0.457 e. The molecule has 9 heavy (non-hydrogen) atoms. The van der Waals surface area contributed by atoms with Crippen LogP contribution >= 0.6 is 0 Å². The molecule has 0 bridgehead atoms. The van der Waals surface area contributed by atoms with E-state index in [4.69, 9.17) is 0 Å². The highest BCUT2D eigenvalue weighted by molar-refractivity contribution is 4.92. The van der Waals surface area contributed by atoms with Crippen LogP contribution in [0.25, 0.3) is 0 Å². The summed E-state index contributed by atoms with van der Waals surface area (Å²) < 4.78 is 55.9. The lowest BCUT2D eigenvalue weighted by Crippen LogP contribution is -2.33. The molecule has 0 unspecified atom stereocenters. The van der Waals surface area contributed by atoms with Crippen molar-refractivity contribution >= 4 is 0 Å². The van der Waals surface area contributed by atoms with Crippen LogP contribution in [-0.2, 0) is 0 Å². The summed E-state index contributed by atoms with van der Waals surface area (Å²) in [6.45, 7) is 2.33. The van der Waals surface area contributed by atoms with Gasteiger partial charge in [-0.15, -0.1) is 0 Å². The highest BCUT2D eigenvalue weighted by Crippen LogP contribution is 2.35. The second-order valence-electron chi connectivity index (χ2n) is 1.32. The summed E-state index contributed by atoms with van der Waals surface area (Å²) in [5.74, 6) is -4.76. The van der Waals surface area contributed by atoms with Gasteiger partial charge in [0.25, 0.3) is 0 Å². The predicted octanol–water partition coefficient (Wildman–Crippen LogP) is 2.37. The first kappa shape index (κ1) is 8.39. The molecule has 0 fully saturated rings. The lowest BCUT2D eigenvalue weighted by Gasteiger charge is -2.13. The molecule has 0 aliphatic carbocycles. The van der Waals surface area contributed by atoms with E-state index in [9.17, 15) is 22.0 Å². The molecule has 0 saturated carbocycles. The van der Waals surface area contributed by atoms with Gasteiger partial charge in [-0.3, -0.25) is 0 Å². The molecule has 0 radical (unpaired) electrons. The average molecular weight is 146 g/mol. The molecule has 0 atom stereocenters. The van der Waals surface area contributed by atoms with E-state index in [0.29, 0.717) is 0 Å². The first-order valence-electron chi connectivity index (χ1n) is 1.89. The highest BCUT2D eigenvalue weighted by Gasteiger charge is 2.54. The van der Waals surface area contributed by atoms with Gasteiger partial charge in [-0.25, -0.2) is 0 Å². The van der Waals surface area contributed by atoms with Crippen molar-refractivity contribution in [1.82, 2.24) is 0 Å². The third kappa shape index (κ3) is 1.65. The lowest BCUT2D eigenvalue weighted by molar-refractivity contribution is -0.259. The summed E-state index contributed by atoms with van der Waals surface area (Å²) in [6.07, 6.45) is -5.94. The molecule has 0 aromatic carbocycles. The van der Waals surface area contributed by atoms with Crippen LogP contribution in [0.2, 0.25) is 0 Å². The van der Waals surface area contributed by atoms with E-state index in [1.807, 2.05) is 0 Å². The first-order chi connectivity index (χ1) is 3.81. The van der Waals surface area contributed by atoms with Crippen molar-refractivity contribution in [1.29, 1.82) is 0 Å². The Hall–Kier alpha value is -0.610. The van der Waals surface area contributed by atoms with Gasteiger partial charge >= 0.3 is 12.1 Å². The fourth-order valence-corrected chi connectivity index (χ4v) is 0.116. The quantitative estimate of drug-likeness (QED) is 0.393. The Labute approximate surface area is 48.0 Å². The molecule has 0 spiro atoms. The maximum atomic E-state index is 11.4. The van der Waals surface area contributed by atoms with E-state index >= 15 is 0 Å². The summed E-state index contributed by atoms with van der Waals surface area (Å²) >= 11 is 0. The molecule has 0 saturated heterocycles. The Morgan fingerprint density at radius 3 is 1.33 bits per heavy atom. The van der Waals surface area contributed by atoms with Crippen molar-refractivity contribution < 1.29 is 22.0 Å². The second kappa shape index (κ2) is 1.97. The smallest absolute Gasteiger partial charge is 0.192 e. The molecule has 0 N–H and O–H groups in total. The Morgan fingerprint density at radius 2 is 1.33 bits per heavy atom. The van der Waals surface area contributed by atoms with Crippen LogP contribution in [0, 0.1) is 0 Å². The second-order valence-corrected chi connectivity index (χ2v) is 1.32. The number of rotatable bonds is 1. The average Bonchev–Trinajstić information content (AvgIpc) is 1.64. The Kier molecular flexibility index (Phi) is 1.83. The van der Waals surface area contributed by atoms with Crippen LogP contribution in [0.15, 0.2) is 12.7 Å². The first-order valence-corrected chi connectivity index (χ1v) is 1.89. The van der Waals surface area contributed by atoms with Crippen molar-refractivity contribution in [3.05, 3.63) is 12.7 Å². The topological polar surface area (TPSA) is 0 Å². The molecule has 0 heterocycles. The lowest BCUT2D eigenvalue weighted by atomic mass is 10.3. The summed E-state index contributed by atoms with van der Waals surface area (Å²) in [7, 11) is 0. The minimum absolute atomic E-state index is 0.438. The van der Waals surface area contributed by atoms with E-state index in [0.717, 1.165) is 0 Å². The van der Waals surface area contributed by atoms with Gasteiger partial charge in [0.1, 0.15) is 0 Å². The third-order valence-electron chi connectivity index (χ3n) is 0.634. The monoisotopic (exact) mass is 146 g/mol. The van der Waals surface area contributed by atoms with Gasteiger partial charge in [0.05, 0.1) is 0 Å². The van der Waals surface area contributed by atoms with Crippen molar-refractivity contribution in [2.45, 2.75) is 12.1 Å². The summed E-state index contributed by atoms with van der Waals surface area (Å²) in [5, 5.41) is 0.